The fourth-order valence-electron chi connectivity index (χ4n) is 1.72. The Kier molecular flexibility index (Phi) is 4.87. The van der Waals surface area contributed by atoms with Gasteiger partial charge in [0.25, 0.3) is 0 Å². The van der Waals surface area contributed by atoms with Gasteiger partial charge in [-0.25, -0.2) is 0 Å². The van der Waals surface area contributed by atoms with E-state index in [0.717, 1.165) is 15.5 Å². The lowest BCUT2D eigenvalue weighted by Gasteiger charge is -2.07. The number of azide groups is 1. The summed E-state index contributed by atoms with van der Waals surface area (Å²) in [6.07, 6.45) is 0. The van der Waals surface area contributed by atoms with E-state index in [2.05, 4.69) is 10.0 Å². The van der Waals surface area contributed by atoms with Crippen LogP contribution in [0.5, 0.6) is 5.75 Å². The maximum atomic E-state index is 11.4. The number of nitrogens with zero attached hydrogens (tertiary/aromatic N) is 3. The number of carbonyl (C=O) groups excluding carboxylic acids is 1. The molecule has 0 saturated heterocycles. The van der Waals surface area contributed by atoms with E-state index in [1.165, 1.54) is 18.7 Å². The summed E-state index contributed by atoms with van der Waals surface area (Å²) < 4.78 is 5.11. The van der Waals surface area contributed by atoms with Gasteiger partial charge in [-0.1, -0.05) is 22.9 Å². The summed E-state index contributed by atoms with van der Waals surface area (Å²) in [6, 6.07) is 12.7. The number of methoxy groups -OCH3 is 1. The molecule has 0 bridgehead atoms. The molecule has 0 aliphatic heterocycles. The zero-order chi connectivity index (χ0) is 15.2. The molecular weight excluding hydrogens is 286 g/mol. The number of rotatable bonds is 5. The fourth-order valence-corrected chi connectivity index (χ4v) is 2.59. The highest BCUT2D eigenvalue weighted by Gasteiger charge is 2.07. The van der Waals surface area contributed by atoms with E-state index in [4.69, 9.17) is 10.3 Å². The van der Waals surface area contributed by atoms with Crippen LogP contribution in [0.1, 0.15) is 17.3 Å². The maximum Gasteiger partial charge on any atom is 0.159 e. The molecule has 2 aromatic rings. The number of Topliss-reactive ketones (excluding diaryl/α,β-unsaturated/α-hetero) is 1. The lowest BCUT2D eigenvalue weighted by Crippen LogP contribution is -1.91. The molecule has 21 heavy (non-hydrogen) atoms. The topological polar surface area (TPSA) is 75.1 Å². The van der Waals surface area contributed by atoms with Gasteiger partial charge >= 0.3 is 0 Å². The van der Waals surface area contributed by atoms with Crippen LogP contribution in [0.2, 0.25) is 0 Å². The number of hydrogen-bond acceptors (Lipinski definition) is 4. The van der Waals surface area contributed by atoms with Crippen molar-refractivity contribution in [3.05, 3.63) is 58.5 Å². The Hall–Kier alpha value is -2.43. The number of ether oxygens (including phenoxy) is 1. The highest BCUT2D eigenvalue weighted by Crippen LogP contribution is 2.36. The molecular formula is C15H13N3O2S. The van der Waals surface area contributed by atoms with E-state index < -0.39 is 0 Å². The van der Waals surface area contributed by atoms with E-state index in [1.807, 2.05) is 24.3 Å². The highest BCUT2D eigenvalue weighted by molar-refractivity contribution is 7.99. The largest absolute Gasteiger partial charge is 0.497 e. The smallest absolute Gasteiger partial charge is 0.159 e. The Bertz CT molecular complexity index is 707. The number of hydrogen-bond donors (Lipinski definition) is 0. The van der Waals surface area contributed by atoms with Crippen LogP contribution in [-0.2, 0) is 0 Å². The zero-order valence-electron chi connectivity index (χ0n) is 11.6. The van der Waals surface area contributed by atoms with Crippen LogP contribution in [0.25, 0.3) is 10.4 Å². The molecule has 0 aliphatic carbocycles. The van der Waals surface area contributed by atoms with Crippen molar-refractivity contribution < 1.29 is 9.53 Å². The first-order valence-electron chi connectivity index (χ1n) is 6.16. The van der Waals surface area contributed by atoms with Gasteiger partial charge in [-0.3, -0.25) is 4.79 Å². The second-order valence-corrected chi connectivity index (χ2v) is 5.32. The van der Waals surface area contributed by atoms with Crippen LogP contribution in [0, 0.1) is 0 Å². The second kappa shape index (κ2) is 6.83. The number of ketones is 1. The summed E-state index contributed by atoms with van der Waals surface area (Å²) in [5.41, 5.74) is 9.63. The van der Waals surface area contributed by atoms with Crippen LogP contribution in [-0.4, -0.2) is 12.9 Å². The third-order valence-electron chi connectivity index (χ3n) is 2.81. The summed E-state index contributed by atoms with van der Waals surface area (Å²) in [6.45, 7) is 1.48. The highest BCUT2D eigenvalue weighted by atomic mass is 32.2. The van der Waals surface area contributed by atoms with Gasteiger partial charge in [0.15, 0.2) is 5.78 Å². The Morgan fingerprint density at radius 3 is 2.52 bits per heavy atom. The Balaban J connectivity index is 2.33. The van der Waals surface area contributed by atoms with Gasteiger partial charge in [0, 0.05) is 20.3 Å². The molecule has 0 radical (unpaired) electrons. The molecule has 0 unspecified atom stereocenters. The van der Waals surface area contributed by atoms with E-state index in [1.54, 1.807) is 25.3 Å². The van der Waals surface area contributed by atoms with Gasteiger partial charge < -0.3 is 4.74 Å². The molecule has 6 heteroatoms. The minimum absolute atomic E-state index is 0.0645. The quantitative estimate of drug-likeness (QED) is 0.338. The summed E-state index contributed by atoms with van der Waals surface area (Å²) in [5, 5.41) is 3.66. The third-order valence-corrected chi connectivity index (χ3v) is 3.88. The van der Waals surface area contributed by atoms with Crippen LogP contribution in [0.15, 0.2) is 57.4 Å². The third kappa shape index (κ3) is 3.78. The molecule has 0 fully saturated rings. The van der Waals surface area contributed by atoms with Crippen molar-refractivity contribution >= 4 is 23.2 Å². The zero-order valence-corrected chi connectivity index (χ0v) is 12.4. The lowest BCUT2D eigenvalue weighted by atomic mass is 10.1. The molecule has 106 valence electrons. The van der Waals surface area contributed by atoms with Crippen LogP contribution in [0.4, 0.5) is 5.69 Å². The number of carbonyl (C=O) groups is 1. The van der Waals surface area contributed by atoms with Crippen LogP contribution >= 0.6 is 11.8 Å². The van der Waals surface area contributed by atoms with Crippen molar-refractivity contribution in [2.24, 2.45) is 5.11 Å². The molecule has 2 rings (SSSR count). The van der Waals surface area contributed by atoms with E-state index in [9.17, 15) is 4.79 Å². The van der Waals surface area contributed by atoms with Crippen LogP contribution in [0.3, 0.4) is 0 Å². The maximum absolute atomic E-state index is 11.4. The molecule has 0 aromatic heterocycles. The predicted octanol–water partition coefficient (Wildman–Crippen LogP) is 4.99. The molecule has 0 heterocycles. The van der Waals surface area contributed by atoms with Gasteiger partial charge in [0.05, 0.1) is 12.8 Å². The van der Waals surface area contributed by atoms with E-state index in [0.29, 0.717) is 11.3 Å². The Morgan fingerprint density at radius 1 is 1.24 bits per heavy atom. The molecule has 0 atom stereocenters. The van der Waals surface area contributed by atoms with Gasteiger partial charge in [-0.2, -0.15) is 0 Å². The van der Waals surface area contributed by atoms with E-state index >= 15 is 0 Å². The van der Waals surface area contributed by atoms with Crippen molar-refractivity contribution in [1.29, 1.82) is 0 Å². The molecule has 0 aliphatic rings. The normalized spacial score (nSPS) is 9.81. The average Bonchev–Trinajstić information content (AvgIpc) is 2.50. The molecule has 0 N–H and O–H groups in total. The predicted molar refractivity (Wildman–Crippen MR) is 82.4 cm³/mol. The SMILES string of the molecule is COc1ccc(Sc2ccc(C(C)=O)cc2N=[N+]=[N-])cc1. The number of benzene rings is 2. The second-order valence-electron chi connectivity index (χ2n) is 4.21. The molecule has 0 amide bonds. The van der Waals surface area contributed by atoms with Crippen LogP contribution < -0.4 is 4.74 Å². The summed E-state index contributed by atoms with van der Waals surface area (Å²) >= 11 is 1.46. The first-order valence-corrected chi connectivity index (χ1v) is 6.97. The minimum Gasteiger partial charge on any atom is -0.497 e. The molecule has 0 spiro atoms. The summed E-state index contributed by atoms with van der Waals surface area (Å²) in [4.78, 5) is 16.0. The summed E-state index contributed by atoms with van der Waals surface area (Å²) in [7, 11) is 1.61. The Morgan fingerprint density at radius 2 is 1.95 bits per heavy atom. The Labute approximate surface area is 126 Å². The van der Waals surface area contributed by atoms with Crippen molar-refractivity contribution in [2.45, 2.75) is 16.7 Å². The van der Waals surface area contributed by atoms with Gasteiger partial charge in [-0.05, 0) is 48.9 Å². The molecule has 0 saturated carbocycles. The molecule has 5 nitrogen and oxygen atoms in total. The van der Waals surface area contributed by atoms with Crippen molar-refractivity contribution in [1.82, 2.24) is 0 Å². The van der Waals surface area contributed by atoms with Gasteiger partial charge in [-0.15, -0.1) is 0 Å². The molecule has 2 aromatic carbocycles. The van der Waals surface area contributed by atoms with Crippen molar-refractivity contribution in [2.75, 3.05) is 7.11 Å². The standard InChI is InChI=1S/C15H13N3O2S/c1-10(19)11-3-8-15(14(9-11)17-18-16)21-13-6-4-12(20-2)5-7-13/h3-9H,1-2H3. The lowest BCUT2D eigenvalue weighted by molar-refractivity contribution is 0.101. The average molecular weight is 299 g/mol. The van der Waals surface area contributed by atoms with Gasteiger partial charge in [0.1, 0.15) is 5.75 Å². The summed E-state index contributed by atoms with van der Waals surface area (Å²) in [5.74, 6) is 0.715. The monoisotopic (exact) mass is 299 g/mol. The van der Waals surface area contributed by atoms with Gasteiger partial charge in [0.2, 0.25) is 0 Å². The first-order chi connectivity index (χ1) is 10.1. The minimum atomic E-state index is -0.0645. The van der Waals surface area contributed by atoms with E-state index in [-0.39, 0.29) is 5.78 Å². The first kappa shape index (κ1) is 15.0. The van der Waals surface area contributed by atoms with Crippen molar-refractivity contribution in [3.8, 4) is 5.75 Å². The van der Waals surface area contributed by atoms with Crippen molar-refractivity contribution in [3.63, 3.8) is 0 Å². The fraction of sp³-hybridized carbons (Fsp3) is 0.133.